The minimum atomic E-state index is 0.585. The first-order valence-electron chi connectivity index (χ1n) is 6.17. The lowest BCUT2D eigenvalue weighted by molar-refractivity contribution is 0.246. The van der Waals surface area contributed by atoms with E-state index in [0.29, 0.717) is 30.9 Å². The summed E-state index contributed by atoms with van der Waals surface area (Å²) in [5, 5.41) is 3.31. The lowest BCUT2D eigenvalue weighted by Gasteiger charge is -2.10. The molecule has 0 aliphatic carbocycles. The van der Waals surface area contributed by atoms with E-state index in [1.54, 1.807) is 6.07 Å². The predicted octanol–water partition coefficient (Wildman–Crippen LogP) is 1.25. The molecule has 0 spiro atoms. The Bertz CT molecular complexity index is 340. The van der Waals surface area contributed by atoms with E-state index in [-0.39, 0.29) is 0 Å². The van der Waals surface area contributed by atoms with Crippen molar-refractivity contribution in [3.05, 3.63) is 12.4 Å². The van der Waals surface area contributed by atoms with Gasteiger partial charge in [0.05, 0.1) is 19.3 Å². The van der Waals surface area contributed by atoms with Crippen molar-refractivity contribution in [2.24, 2.45) is 5.92 Å². The van der Waals surface area contributed by atoms with Crippen molar-refractivity contribution in [2.45, 2.75) is 19.8 Å². The maximum atomic E-state index is 5.64. The number of ether oxygens (including phenoxy) is 2. The largest absolute Gasteiger partial charge is 0.478 e. The van der Waals surface area contributed by atoms with Crippen LogP contribution < -0.4 is 14.8 Å². The molecule has 1 fully saturated rings. The monoisotopic (exact) mass is 237 g/mol. The Morgan fingerprint density at radius 2 is 2.18 bits per heavy atom. The van der Waals surface area contributed by atoms with Gasteiger partial charge in [0.1, 0.15) is 6.33 Å². The van der Waals surface area contributed by atoms with Crippen LogP contribution in [0.5, 0.6) is 11.8 Å². The van der Waals surface area contributed by atoms with Gasteiger partial charge in [0.25, 0.3) is 0 Å². The highest BCUT2D eigenvalue weighted by molar-refractivity contribution is 5.18. The fraction of sp³-hybridized carbons (Fsp3) is 0.667. The third-order valence-electron chi connectivity index (χ3n) is 2.70. The summed E-state index contributed by atoms with van der Waals surface area (Å²) in [5.41, 5.74) is 0. The molecular formula is C12H19N3O2. The van der Waals surface area contributed by atoms with Gasteiger partial charge in [-0.25, -0.2) is 9.97 Å². The third kappa shape index (κ3) is 3.85. The maximum absolute atomic E-state index is 5.64. The van der Waals surface area contributed by atoms with E-state index in [4.69, 9.17) is 9.47 Å². The van der Waals surface area contributed by atoms with Crippen molar-refractivity contribution < 1.29 is 9.47 Å². The molecule has 1 aliphatic heterocycles. The van der Waals surface area contributed by atoms with E-state index in [1.165, 1.54) is 12.7 Å². The molecule has 2 rings (SSSR count). The predicted molar refractivity (Wildman–Crippen MR) is 64.3 cm³/mol. The second-order valence-electron chi connectivity index (χ2n) is 4.21. The van der Waals surface area contributed by atoms with Gasteiger partial charge in [-0.15, -0.1) is 0 Å². The first-order chi connectivity index (χ1) is 8.38. The zero-order valence-electron chi connectivity index (χ0n) is 10.2. The van der Waals surface area contributed by atoms with Gasteiger partial charge in [0, 0.05) is 12.5 Å². The topological polar surface area (TPSA) is 56.3 Å². The van der Waals surface area contributed by atoms with Crippen LogP contribution in [0.3, 0.4) is 0 Å². The van der Waals surface area contributed by atoms with Crippen molar-refractivity contribution in [3.63, 3.8) is 0 Å². The van der Waals surface area contributed by atoms with Crippen LogP contribution in [0.15, 0.2) is 12.4 Å². The fourth-order valence-electron chi connectivity index (χ4n) is 1.75. The minimum Gasteiger partial charge on any atom is -0.478 e. The average molecular weight is 237 g/mol. The fourth-order valence-corrected chi connectivity index (χ4v) is 1.75. The molecule has 1 unspecified atom stereocenters. The summed E-state index contributed by atoms with van der Waals surface area (Å²) < 4.78 is 11.1. The van der Waals surface area contributed by atoms with Crippen molar-refractivity contribution in [3.8, 4) is 11.8 Å². The molecule has 0 radical (unpaired) electrons. The maximum Gasteiger partial charge on any atom is 0.220 e. The smallest absolute Gasteiger partial charge is 0.220 e. The van der Waals surface area contributed by atoms with E-state index in [9.17, 15) is 0 Å². The molecule has 94 valence electrons. The Hall–Kier alpha value is -1.36. The van der Waals surface area contributed by atoms with Crippen LogP contribution in [0.2, 0.25) is 0 Å². The second kappa shape index (κ2) is 6.39. The standard InChI is InChI=1S/C12H19N3O2/c1-2-5-16-11-6-12(15-9-14-11)17-8-10-3-4-13-7-10/h6,9-10,13H,2-5,7-8H2,1H3. The highest BCUT2D eigenvalue weighted by Crippen LogP contribution is 2.15. The highest BCUT2D eigenvalue weighted by Gasteiger charge is 2.15. The van der Waals surface area contributed by atoms with Crippen LogP contribution in [0, 0.1) is 5.92 Å². The van der Waals surface area contributed by atoms with Crippen LogP contribution >= 0.6 is 0 Å². The first-order valence-corrected chi connectivity index (χ1v) is 6.17. The Kier molecular flexibility index (Phi) is 4.55. The number of aromatic nitrogens is 2. The zero-order chi connectivity index (χ0) is 11.9. The summed E-state index contributed by atoms with van der Waals surface area (Å²) in [5.74, 6) is 1.77. The Balaban J connectivity index is 1.82. The molecule has 1 aliphatic rings. The highest BCUT2D eigenvalue weighted by atomic mass is 16.5. The zero-order valence-corrected chi connectivity index (χ0v) is 10.2. The van der Waals surface area contributed by atoms with Gasteiger partial charge in [0.15, 0.2) is 0 Å². The Morgan fingerprint density at radius 1 is 1.35 bits per heavy atom. The number of nitrogens with zero attached hydrogens (tertiary/aromatic N) is 2. The van der Waals surface area contributed by atoms with Gasteiger partial charge in [-0.1, -0.05) is 6.92 Å². The molecular weight excluding hydrogens is 218 g/mol. The van der Waals surface area contributed by atoms with Crippen molar-refractivity contribution >= 4 is 0 Å². The molecule has 1 N–H and O–H groups in total. The average Bonchev–Trinajstić information content (AvgIpc) is 2.87. The number of hydrogen-bond acceptors (Lipinski definition) is 5. The Labute approximate surface area is 102 Å². The van der Waals surface area contributed by atoms with Gasteiger partial charge in [-0.2, -0.15) is 0 Å². The van der Waals surface area contributed by atoms with Crippen LogP contribution in [0.25, 0.3) is 0 Å². The van der Waals surface area contributed by atoms with Crippen LogP contribution in [-0.2, 0) is 0 Å². The molecule has 5 heteroatoms. The molecule has 0 amide bonds. The van der Waals surface area contributed by atoms with Crippen molar-refractivity contribution in [2.75, 3.05) is 26.3 Å². The van der Waals surface area contributed by atoms with Crippen LogP contribution in [0.4, 0.5) is 0 Å². The molecule has 1 aromatic rings. The van der Waals surface area contributed by atoms with Gasteiger partial charge >= 0.3 is 0 Å². The second-order valence-corrected chi connectivity index (χ2v) is 4.21. The number of hydrogen-bond donors (Lipinski definition) is 1. The molecule has 2 heterocycles. The summed E-state index contributed by atoms with van der Waals surface area (Å²) in [4.78, 5) is 8.11. The van der Waals surface area contributed by atoms with Crippen LogP contribution in [0.1, 0.15) is 19.8 Å². The van der Waals surface area contributed by atoms with Crippen molar-refractivity contribution in [1.29, 1.82) is 0 Å². The molecule has 17 heavy (non-hydrogen) atoms. The lowest BCUT2D eigenvalue weighted by Crippen LogP contribution is -2.16. The summed E-state index contributed by atoms with van der Waals surface area (Å²) in [6.45, 7) is 5.55. The summed E-state index contributed by atoms with van der Waals surface area (Å²) in [6.07, 6.45) is 3.62. The first kappa shape index (κ1) is 12.1. The summed E-state index contributed by atoms with van der Waals surface area (Å²) >= 11 is 0. The van der Waals surface area contributed by atoms with Gasteiger partial charge in [-0.3, -0.25) is 0 Å². The van der Waals surface area contributed by atoms with E-state index in [1.807, 2.05) is 0 Å². The van der Waals surface area contributed by atoms with Gasteiger partial charge in [0.2, 0.25) is 11.8 Å². The minimum absolute atomic E-state index is 0.585. The number of nitrogens with one attached hydrogen (secondary N) is 1. The van der Waals surface area contributed by atoms with Crippen LogP contribution in [-0.4, -0.2) is 36.3 Å². The summed E-state index contributed by atoms with van der Waals surface area (Å²) in [6, 6.07) is 1.75. The molecule has 0 aromatic carbocycles. The van der Waals surface area contributed by atoms with E-state index < -0.39 is 0 Å². The molecule has 1 aromatic heterocycles. The normalized spacial score (nSPS) is 19.2. The molecule has 1 saturated heterocycles. The van der Waals surface area contributed by atoms with E-state index in [0.717, 1.165) is 19.5 Å². The quantitative estimate of drug-likeness (QED) is 0.807. The van der Waals surface area contributed by atoms with Crippen molar-refractivity contribution in [1.82, 2.24) is 15.3 Å². The van der Waals surface area contributed by atoms with Gasteiger partial charge in [-0.05, 0) is 19.4 Å². The molecule has 0 bridgehead atoms. The SMILES string of the molecule is CCCOc1cc(OCC2CCNC2)ncn1. The van der Waals surface area contributed by atoms with Gasteiger partial charge < -0.3 is 14.8 Å². The molecule has 5 nitrogen and oxygen atoms in total. The third-order valence-corrected chi connectivity index (χ3v) is 2.70. The van der Waals surface area contributed by atoms with E-state index in [2.05, 4.69) is 22.2 Å². The lowest BCUT2D eigenvalue weighted by atomic mass is 10.1. The number of rotatable bonds is 6. The summed E-state index contributed by atoms with van der Waals surface area (Å²) in [7, 11) is 0. The molecule has 0 saturated carbocycles. The van der Waals surface area contributed by atoms with E-state index >= 15 is 0 Å². The molecule has 1 atom stereocenters. The Morgan fingerprint density at radius 3 is 2.88 bits per heavy atom.